The fourth-order valence-corrected chi connectivity index (χ4v) is 2.22. The van der Waals surface area contributed by atoms with Gasteiger partial charge in [-0.15, -0.1) is 12.4 Å². The van der Waals surface area contributed by atoms with Gasteiger partial charge in [0, 0.05) is 12.2 Å². The van der Waals surface area contributed by atoms with Crippen LogP contribution in [0.4, 0.5) is 5.69 Å². The van der Waals surface area contributed by atoms with E-state index in [2.05, 4.69) is 22.1 Å². The maximum absolute atomic E-state index is 11.7. The first-order valence-corrected chi connectivity index (χ1v) is 6.76. The molecule has 1 heterocycles. The number of hydrogen-bond donors (Lipinski definition) is 2. The van der Waals surface area contributed by atoms with Gasteiger partial charge >= 0.3 is 0 Å². The normalized spacial score (nSPS) is 9.74. The van der Waals surface area contributed by atoms with Gasteiger partial charge in [-0.1, -0.05) is 17.7 Å². The first-order valence-electron chi connectivity index (χ1n) is 5.82. The van der Waals surface area contributed by atoms with Crippen LogP contribution in [-0.2, 0) is 11.3 Å². The number of hydrogen-bond acceptors (Lipinski definition) is 3. The van der Waals surface area contributed by atoms with E-state index >= 15 is 0 Å². The Balaban J connectivity index is 0.00000180. The van der Waals surface area contributed by atoms with Gasteiger partial charge in [-0.25, -0.2) is 0 Å². The monoisotopic (exact) mass is 296 g/mol. The zero-order chi connectivity index (χ0) is 12.8. The second-order valence-corrected chi connectivity index (χ2v) is 4.93. The lowest BCUT2D eigenvalue weighted by Gasteiger charge is -2.06. The van der Waals surface area contributed by atoms with Crippen LogP contribution in [0.5, 0.6) is 0 Å². The molecule has 0 radical (unpaired) electrons. The molecule has 0 bridgehead atoms. The molecule has 2 N–H and O–H groups in total. The molecule has 1 aromatic heterocycles. The van der Waals surface area contributed by atoms with Crippen molar-refractivity contribution in [1.29, 1.82) is 0 Å². The van der Waals surface area contributed by atoms with Crippen LogP contribution < -0.4 is 10.6 Å². The average Bonchev–Trinajstić information content (AvgIpc) is 2.85. The third-order valence-electron chi connectivity index (χ3n) is 2.53. The van der Waals surface area contributed by atoms with Crippen LogP contribution in [0.1, 0.15) is 11.1 Å². The van der Waals surface area contributed by atoms with Gasteiger partial charge in [0.2, 0.25) is 5.91 Å². The second-order valence-electron chi connectivity index (χ2n) is 4.15. The lowest BCUT2D eigenvalue weighted by atomic mass is 10.2. The van der Waals surface area contributed by atoms with E-state index in [0.717, 1.165) is 12.2 Å². The van der Waals surface area contributed by atoms with E-state index in [1.807, 2.05) is 36.6 Å². The molecule has 0 aliphatic heterocycles. The predicted octanol–water partition coefficient (Wildman–Crippen LogP) is 3.21. The standard InChI is InChI=1S/C14H16N2OS.ClH/c1-11-2-4-13(5-3-11)16-14(17)9-15-8-12-6-7-18-10-12;/h2-7,10,15H,8-9H2,1H3,(H,16,17);1H. The summed E-state index contributed by atoms with van der Waals surface area (Å²) in [5, 5.41) is 10.1. The lowest BCUT2D eigenvalue weighted by Crippen LogP contribution is -2.27. The maximum Gasteiger partial charge on any atom is 0.238 e. The third kappa shape index (κ3) is 5.42. The molecule has 2 rings (SSSR count). The van der Waals surface area contributed by atoms with Gasteiger partial charge in [-0.05, 0) is 41.4 Å². The summed E-state index contributed by atoms with van der Waals surface area (Å²) in [7, 11) is 0. The minimum Gasteiger partial charge on any atom is -0.325 e. The molecule has 1 aromatic carbocycles. The molecular weight excluding hydrogens is 280 g/mol. The molecular formula is C14H17ClN2OS. The SMILES string of the molecule is Cc1ccc(NC(=O)CNCc2ccsc2)cc1.Cl. The molecule has 0 atom stereocenters. The number of nitrogens with one attached hydrogen (secondary N) is 2. The van der Waals surface area contributed by atoms with Crippen LogP contribution in [0, 0.1) is 6.92 Å². The number of carbonyl (C=O) groups excluding carboxylic acids is 1. The number of rotatable bonds is 5. The number of carbonyl (C=O) groups is 1. The fourth-order valence-electron chi connectivity index (χ4n) is 1.56. The van der Waals surface area contributed by atoms with Crippen LogP contribution in [-0.4, -0.2) is 12.5 Å². The largest absolute Gasteiger partial charge is 0.325 e. The predicted molar refractivity (Wildman–Crippen MR) is 83.1 cm³/mol. The summed E-state index contributed by atoms with van der Waals surface area (Å²) in [5.41, 5.74) is 3.23. The lowest BCUT2D eigenvalue weighted by molar-refractivity contribution is -0.115. The van der Waals surface area contributed by atoms with Crippen molar-refractivity contribution in [3.05, 3.63) is 52.2 Å². The zero-order valence-corrected chi connectivity index (χ0v) is 12.3. The Hall–Kier alpha value is -1.36. The van der Waals surface area contributed by atoms with Crippen LogP contribution >= 0.6 is 23.7 Å². The van der Waals surface area contributed by atoms with Crippen LogP contribution in [0.15, 0.2) is 41.1 Å². The van der Waals surface area contributed by atoms with E-state index in [4.69, 9.17) is 0 Å². The first kappa shape index (κ1) is 15.7. The first-order chi connectivity index (χ1) is 8.74. The van der Waals surface area contributed by atoms with Gasteiger partial charge in [-0.3, -0.25) is 4.79 Å². The van der Waals surface area contributed by atoms with Crippen molar-refractivity contribution in [3.63, 3.8) is 0 Å². The molecule has 102 valence electrons. The van der Waals surface area contributed by atoms with Crippen LogP contribution in [0.2, 0.25) is 0 Å². The molecule has 0 saturated heterocycles. The zero-order valence-electron chi connectivity index (χ0n) is 10.7. The van der Waals surface area contributed by atoms with Gasteiger partial charge in [0.1, 0.15) is 0 Å². The number of amides is 1. The summed E-state index contributed by atoms with van der Waals surface area (Å²) in [4.78, 5) is 11.7. The highest BCUT2D eigenvalue weighted by Gasteiger charge is 2.01. The topological polar surface area (TPSA) is 41.1 Å². The summed E-state index contributed by atoms with van der Waals surface area (Å²) in [5.74, 6) is -0.0194. The maximum atomic E-state index is 11.7. The number of thiophene rings is 1. The van der Waals surface area contributed by atoms with Crippen molar-refractivity contribution in [1.82, 2.24) is 5.32 Å². The Labute approximate surface area is 123 Å². The van der Waals surface area contributed by atoms with Gasteiger partial charge in [-0.2, -0.15) is 11.3 Å². The summed E-state index contributed by atoms with van der Waals surface area (Å²) >= 11 is 1.66. The molecule has 1 amide bonds. The van der Waals surface area contributed by atoms with E-state index in [1.165, 1.54) is 11.1 Å². The molecule has 19 heavy (non-hydrogen) atoms. The van der Waals surface area contributed by atoms with Crippen molar-refractivity contribution in [2.24, 2.45) is 0 Å². The minimum absolute atomic E-state index is 0. The van der Waals surface area contributed by atoms with E-state index in [0.29, 0.717) is 6.54 Å². The fraction of sp³-hybridized carbons (Fsp3) is 0.214. The average molecular weight is 297 g/mol. The van der Waals surface area contributed by atoms with E-state index in [-0.39, 0.29) is 18.3 Å². The van der Waals surface area contributed by atoms with Gasteiger partial charge in [0.15, 0.2) is 0 Å². The van der Waals surface area contributed by atoms with Crippen LogP contribution in [0.25, 0.3) is 0 Å². The van der Waals surface area contributed by atoms with E-state index in [9.17, 15) is 4.79 Å². The molecule has 2 aromatic rings. The van der Waals surface area contributed by atoms with Gasteiger partial charge in [0.05, 0.1) is 6.54 Å². The third-order valence-corrected chi connectivity index (χ3v) is 3.26. The Morgan fingerprint density at radius 1 is 1.21 bits per heavy atom. The number of anilines is 1. The molecule has 0 fully saturated rings. The summed E-state index contributed by atoms with van der Waals surface area (Å²) in [6.45, 7) is 3.07. The van der Waals surface area contributed by atoms with Crippen molar-refractivity contribution in [3.8, 4) is 0 Å². The number of aryl methyl sites for hydroxylation is 1. The van der Waals surface area contributed by atoms with Crippen molar-refractivity contribution in [2.45, 2.75) is 13.5 Å². The Bertz CT molecular complexity index is 497. The van der Waals surface area contributed by atoms with Crippen molar-refractivity contribution in [2.75, 3.05) is 11.9 Å². The quantitative estimate of drug-likeness (QED) is 0.889. The Morgan fingerprint density at radius 3 is 2.58 bits per heavy atom. The Morgan fingerprint density at radius 2 is 1.95 bits per heavy atom. The number of benzene rings is 1. The van der Waals surface area contributed by atoms with Crippen LogP contribution in [0.3, 0.4) is 0 Å². The summed E-state index contributed by atoms with van der Waals surface area (Å²) in [6.07, 6.45) is 0. The molecule has 0 saturated carbocycles. The molecule has 0 aliphatic carbocycles. The van der Waals surface area contributed by atoms with E-state index in [1.54, 1.807) is 11.3 Å². The Kier molecular flexibility index (Phi) is 6.56. The summed E-state index contributed by atoms with van der Waals surface area (Å²) < 4.78 is 0. The molecule has 3 nitrogen and oxygen atoms in total. The highest BCUT2D eigenvalue weighted by molar-refractivity contribution is 7.07. The number of halogens is 1. The van der Waals surface area contributed by atoms with Crippen molar-refractivity contribution < 1.29 is 4.79 Å². The van der Waals surface area contributed by atoms with Gasteiger partial charge < -0.3 is 10.6 Å². The molecule has 0 aliphatic rings. The molecule has 0 spiro atoms. The summed E-state index contributed by atoms with van der Waals surface area (Å²) in [6, 6.07) is 9.83. The van der Waals surface area contributed by atoms with Crippen molar-refractivity contribution >= 4 is 35.3 Å². The highest BCUT2D eigenvalue weighted by atomic mass is 35.5. The molecule has 0 unspecified atom stereocenters. The smallest absolute Gasteiger partial charge is 0.238 e. The minimum atomic E-state index is -0.0194. The van der Waals surface area contributed by atoms with E-state index < -0.39 is 0 Å². The van der Waals surface area contributed by atoms with Gasteiger partial charge in [0.25, 0.3) is 0 Å². The highest BCUT2D eigenvalue weighted by Crippen LogP contribution is 2.08. The second kappa shape index (κ2) is 7.94. The molecule has 5 heteroatoms.